The molecule has 2 nitrogen and oxygen atoms in total. The number of allylic oxidation sites excluding steroid dienone is 4. The van der Waals surface area contributed by atoms with E-state index in [4.69, 9.17) is 0 Å². The summed E-state index contributed by atoms with van der Waals surface area (Å²) in [5.41, 5.74) is 0. The van der Waals surface area contributed by atoms with Crippen LogP contribution in [0.25, 0.3) is 0 Å². The Balaban J connectivity index is 0. The van der Waals surface area contributed by atoms with Gasteiger partial charge in [0, 0.05) is 19.5 Å². The summed E-state index contributed by atoms with van der Waals surface area (Å²) in [5, 5.41) is 0. The normalized spacial score (nSPS) is 13.6. The van der Waals surface area contributed by atoms with Gasteiger partial charge in [-0.05, 0) is 39.5 Å². The van der Waals surface area contributed by atoms with Gasteiger partial charge in [-0.25, -0.2) is 0 Å². The van der Waals surface area contributed by atoms with Crippen LogP contribution < -0.4 is 0 Å². The topological polar surface area (TPSA) is 34.1 Å². The second-order valence-corrected chi connectivity index (χ2v) is 3.68. The zero-order valence-electron chi connectivity index (χ0n) is 9.99. The minimum absolute atomic E-state index is 0. The zero-order chi connectivity index (χ0) is 11.5. The predicted octanol–water partition coefficient (Wildman–Crippen LogP) is 3.22. The van der Waals surface area contributed by atoms with Crippen molar-refractivity contribution < 1.29 is 29.1 Å². The Morgan fingerprint density at radius 1 is 0.812 bits per heavy atom. The fourth-order valence-corrected chi connectivity index (χ4v) is 1.21. The molecule has 0 aromatic carbocycles. The van der Waals surface area contributed by atoms with E-state index in [1.54, 1.807) is 0 Å². The smallest absolute Gasteiger partial charge is 0.137 e. The fraction of sp³-hybridized carbons (Fsp3) is 0.538. The van der Waals surface area contributed by atoms with E-state index in [9.17, 15) is 9.59 Å². The molecule has 0 saturated heterocycles. The maximum Gasteiger partial charge on any atom is 0.137 e. The summed E-state index contributed by atoms with van der Waals surface area (Å²) in [6.07, 6.45) is 14.1. The van der Waals surface area contributed by atoms with Crippen LogP contribution in [-0.2, 0) is 29.1 Å². The molecule has 0 saturated carbocycles. The van der Waals surface area contributed by atoms with Gasteiger partial charge in [-0.2, -0.15) is 0 Å². The van der Waals surface area contributed by atoms with Gasteiger partial charge in [0.05, 0.1) is 6.42 Å². The van der Waals surface area contributed by atoms with Gasteiger partial charge in [-0.15, -0.1) is 0 Å². The van der Waals surface area contributed by atoms with Crippen molar-refractivity contribution >= 4 is 11.6 Å². The molecule has 0 spiro atoms. The van der Waals surface area contributed by atoms with Crippen molar-refractivity contribution in [2.75, 3.05) is 0 Å². The molecule has 0 heterocycles. The van der Waals surface area contributed by atoms with Crippen LogP contribution >= 0.6 is 0 Å². The quantitative estimate of drug-likeness (QED) is 0.446. The number of carbonyl (C=O) groups is 2. The van der Waals surface area contributed by atoms with E-state index in [0.29, 0.717) is 0 Å². The molecule has 0 aromatic rings. The summed E-state index contributed by atoms with van der Waals surface area (Å²) in [4.78, 5) is 20.1. The third-order valence-corrected chi connectivity index (χ3v) is 1.83. The third kappa shape index (κ3) is 15.9. The van der Waals surface area contributed by atoms with E-state index in [2.05, 4.69) is 24.3 Å². The molecular weight excluding hydrogens is 291 g/mol. The minimum Gasteiger partial charge on any atom is -0.300 e. The second kappa shape index (κ2) is 12.5. The summed E-state index contributed by atoms with van der Waals surface area (Å²) in [6.45, 7) is 2.81. The van der Waals surface area contributed by atoms with Gasteiger partial charge in [-0.3, -0.25) is 9.59 Å². The molecule has 1 rings (SSSR count). The summed E-state index contributed by atoms with van der Waals surface area (Å²) >= 11 is 0. The number of hydrogen-bond acceptors (Lipinski definition) is 2. The summed E-state index contributed by atoms with van der Waals surface area (Å²) in [6, 6.07) is 0. The Morgan fingerprint density at radius 2 is 1.06 bits per heavy atom. The van der Waals surface area contributed by atoms with Gasteiger partial charge in [0.2, 0.25) is 0 Å². The molecule has 0 fully saturated rings. The second-order valence-electron chi connectivity index (χ2n) is 3.68. The van der Waals surface area contributed by atoms with Crippen LogP contribution in [0.15, 0.2) is 24.3 Å². The van der Waals surface area contributed by atoms with E-state index in [-0.39, 0.29) is 37.5 Å². The molecule has 0 aliphatic heterocycles. The van der Waals surface area contributed by atoms with Crippen molar-refractivity contribution in [3.63, 3.8) is 0 Å². The summed E-state index contributed by atoms with van der Waals surface area (Å²) < 4.78 is 0. The largest absolute Gasteiger partial charge is 0.300 e. The maximum atomic E-state index is 10.0. The van der Waals surface area contributed by atoms with Crippen molar-refractivity contribution in [2.24, 2.45) is 0 Å². The van der Waals surface area contributed by atoms with E-state index >= 15 is 0 Å². The van der Waals surface area contributed by atoms with Gasteiger partial charge in [0.25, 0.3) is 0 Å². The molecule has 0 unspecified atom stereocenters. The van der Waals surface area contributed by atoms with Crippen molar-refractivity contribution in [1.82, 2.24) is 0 Å². The SMILES string of the molecule is C1=CCCC=CCC1.CC(=O)CC(C)=O.[Rh]. The first-order valence-electron chi connectivity index (χ1n) is 5.42. The number of carbonyl (C=O) groups excluding carboxylic acids is 2. The standard InChI is InChI=1S/C8H12.C5H8O2.Rh/c1-2-4-6-8-7-5-3-1;1-4(6)3-5(2)7;/h1-2,7-8H,3-6H2;3H2,1-2H3;. The van der Waals surface area contributed by atoms with E-state index in [1.165, 1.54) is 39.5 Å². The Hall–Kier alpha value is -0.557. The number of ketones is 2. The summed E-state index contributed by atoms with van der Waals surface area (Å²) in [7, 11) is 0. The molecule has 1 aliphatic carbocycles. The Morgan fingerprint density at radius 3 is 1.19 bits per heavy atom. The van der Waals surface area contributed by atoms with Gasteiger partial charge in [0.15, 0.2) is 0 Å². The fourth-order valence-electron chi connectivity index (χ4n) is 1.21. The van der Waals surface area contributed by atoms with Crippen LogP contribution in [-0.4, -0.2) is 11.6 Å². The van der Waals surface area contributed by atoms with E-state index < -0.39 is 0 Å². The Kier molecular flexibility index (Phi) is 13.9. The van der Waals surface area contributed by atoms with E-state index in [1.807, 2.05) is 0 Å². The van der Waals surface area contributed by atoms with Crippen molar-refractivity contribution in [3.05, 3.63) is 24.3 Å². The minimum atomic E-state index is -0.0625. The molecule has 16 heavy (non-hydrogen) atoms. The van der Waals surface area contributed by atoms with Crippen LogP contribution in [0, 0.1) is 0 Å². The molecule has 93 valence electrons. The molecule has 0 amide bonds. The van der Waals surface area contributed by atoms with Crippen molar-refractivity contribution in [1.29, 1.82) is 0 Å². The molecule has 0 aromatic heterocycles. The molecule has 0 atom stereocenters. The number of rotatable bonds is 2. The van der Waals surface area contributed by atoms with Crippen LogP contribution in [0.2, 0.25) is 0 Å². The van der Waals surface area contributed by atoms with Crippen molar-refractivity contribution in [3.8, 4) is 0 Å². The molecule has 0 bridgehead atoms. The Bertz CT molecular complexity index is 217. The maximum absolute atomic E-state index is 10.0. The van der Waals surface area contributed by atoms with Crippen LogP contribution in [0.4, 0.5) is 0 Å². The monoisotopic (exact) mass is 311 g/mol. The van der Waals surface area contributed by atoms with Gasteiger partial charge in [-0.1, -0.05) is 24.3 Å². The number of hydrogen-bond donors (Lipinski definition) is 0. The average molecular weight is 311 g/mol. The first-order chi connectivity index (χ1) is 7.13. The average Bonchev–Trinajstić information content (AvgIpc) is 1.99. The van der Waals surface area contributed by atoms with Gasteiger partial charge < -0.3 is 0 Å². The zero-order valence-corrected chi connectivity index (χ0v) is 11.6. The van der Waals surface area contributed by atoms with Crippen molar-refractivity contribution in [2.45, 2.75) is 46.0 Å². The van der Waals surface area contributed by atoms with Crippen LogP contribution in [0.1, 0.15) is 46.0 Å². The van der Waals surface area contributed by atoms with Crippen LogP contribution in [0.3, 0.4) is 0 Å². The molecule has 3 heteroatoms. The first-order valence-corrected chi connectivity index (χ1v) is 5.42. The molecule has 1 aliphatic rings. The van der Waals surface area contributed by atoms with Gasteiger partial charge in [0.1, 0.15) is 11.6 Å². The molecule has 1 radical (unpaired) electrons. The molecular formula is C13H20O2Rh. The predicted molar refractivity (Wildman–Crippen MR) is 62.7 cm³/mol. The summed E-state index contributed by atoms with van der Waals surface area (Å²) in [5.74, 6) is -0.125. The Labute approximate surface area is 111 Å². The molecule has 0 N–H and O–H groups in total. The van der Waals surface area contributed by atoms with Crippen LogP contribution in [0.5, 0.6) is 0 Å². The first kappa shape index (κ1) is 17.8. The third-order valence-electron chi connectivity index (χ3n) is 1.83. The number of Topliss-reactive ketones (excluding diaryl/α,β-unsaturated/α-hetero) is 2. The van der Waals surface area contributed by atoms with E-state index in [0.717, 1.165) is 0 Å². The van der Waals surface area contributed by atoms with Gasteiger partial charge >= 0.3 is 0 Å².